The zero-order valence-electron chi connectivity index (χ0n) is 15.0. The highest BCUT2D eigenvalue weighted by atomic mass is 19.4. The molecule has 2 aromatic rings. The number of alkyl halides is 3. The van der Waals surface area contributed by atoms with Crippen molar-refractivity contribution in [1.29, 1.82) is 0 Å². The average molecular weight is 385 g/mol. The first-order valence-electron chi connectivity index (χ1n) is 8.94. The van der Waals surface area contributed by atoms with Crippen LogP contribution in [0, 0.1) is 5.41 Å². The van der Waals surface area contributed by atoms with Gasteiger partial charge in [0.25, 0.3) is 0 Å². The highest BCUT2D eigenvalue weighted by molar-refractivity contribution is 5.83. The molecule has 27 heavy (non-hydrogen) atoms. The lowest BCUT2D eigenvalue weighted by atomic mass is 9.78. The van der Waals surface area contributed by atoms with Crippen molar-refractivity contribution in [3.05, 3.63) is 12.7 Å². The second-order valence-corrected chi connectivity index (χ2v) is 8.04. The van der Waals surface area contributed by atoms with Gasteiger partial charge in [-0.3, -0.25) is 0 Å². The largest absolute Gasteiger partial charge is 0.389 e. The standard InChI is InChI=1S/C17H22F3N5O2/c1-15(6-17(18,19)20)7-24(8-15)13-12-14(22-10-21-13)25(11-23-12)9-16(26)2-4-27-5-3-16/h10-11,26H,2-9H2,1H3. The van der Waals surface area contributed by atoms with Gasteiger partial charge >= 0.3 is 6.18 Å². The predicted molar refractivity (Wildman–Crippen MR) is 91.3 cm³/mol. The fourth-order valence-corrected chi connectivity index (χ4v) is 4.06. The molecule has 4 rings (SSSR count). The molecule has 2 aliphatic heterocycles. The van der Waals surface area contributed by atoms with Crippen LogP contribution in [0.25, 0.3) is 11.2 Å². The van der Waals surface area contributed by atoms with Crippen LogP contribution in [0.1, 0.15) is 26.2 Å². The summed E-state index contributed by atoms with van der Waals surface area (Å²) in [5.41, 5.74) is -0.569. The molecule has 0 amide bonds. The fourth-order valence-electron chi connectivity index (χ4n) is 4.06. The van der Waals surface area contributed by atoms with Crippen LogP contribution in [0.5, 0.6) is 0 Å². The number of halogens is 3. The highest BCUT2D eigenvalue weighted by Crippen LogP contribution is 2.42. The van der Waals surface area contributed by atoms with Gasteiger partial charge in [-0.15, -0.1) is 0 Å². The third-order valence-electron chi connectivity index (χ3n) is 5.34. The van der Waals surface area contributed by atoms with Gasteiger partial charge < -0.3 is 19.3 Å². The number of hydrogen-bond donors (Lipinski definition) is 1. The summed E-state index contributed by atoms with van der Waals surface area (Å²) >= 11 is 0. The van der Waals surface area contributed by atoms with Crippen molar-refractivity contribution in [3.63, 3.8) is 0 Å². The Labute approximate surface area is 154 Å². The lowest BCUT2D eigenvalue weighted by Crippen LogP contribution is -2.56. The molecule has 1 N–H and O–H groups in total. The Morgan fingerprint density at radius 2 is 1.89 bits per heavy atom. The Kier molecular flexibility index (Phi) is 4.30. The molecule has 0 bridgehead atoms. The minimum atomic E-state index is -4.18. The molecule has 2 aromatic heterocycles. The molecule has 148 valence electrons. The van der Waals surface area contributed by atoms with Crippen LogP contribution in [-0.2, 0) is 11.3 Å². The van der Waals surface area contributed by atoms with Crippen molar-refractivity contribution in [2.45, 2.75) is 44.5 Å². The van der Waals surface area contributed by atoms with E-state index in [1.807, 2.05) is 0 Å². The maximum atomic E-state index is 12.7. The summed E-state index contributed by atoms with van der Waals surface area (Å²) in [6.45, 7) is 3.53. The quantitative estimate of drug-likeness (QED) is 0.869. The van der Waals surface area contributed by atoms with Gasteiger partial charge in [0, 0.05) is 44.6 Å². The van der Waals surface area contributed by atoms with E-state index in [1.54, 1.807) is 22.7 Å². The number of aromatic nitrogens is 4. The summed E-state index contributed by atoms with van der Waals surface area (Å²) < 4.78 is 45.3. The van der Waals surface area contributed by atoms with Gasteiger partial charge in [0.15, 0.2) is 17.0 Å². The number of imidazole rings is 1. The van der Waals surface area contributed by atoms with Crippen molar-refractivity contribution in [3.8, 4) is 0 Å². The van der Waals surface area contributed by atoms with Gasteiger partial charge in [-0.2, -0.15) is 13.2 Å². The van der Waals surface area contributed by atoms with E-state index in [4.69, 9.17) is 4.74 Å². The Bertz CT molecular complexity index is 826. The molecule has 2 saturated heterocycles. The van der Waals surface area contributed by atoms with E-state index >= 15 is 0 Å². The van der Waals surface area contributed by atoms with Crippen LogP contribution in [0.15, 0.2) is 12.7 Å². The van der Waals surface area contributed by atoms with Gasteiger partial charge in [0.2, 0.25) is 0 Å². The first-order valence-corrected chi connectivity index (χ1v) is 8.94. The van der Waals surface area contributed by atoms with E-state index in [9.17, 15) is 18.3 Å². The molecule has 0 spiro atoms. The van der Waals surface area contributed by atoms with E-state index in [0.717, 1.165) is 0 Å². The minimum absolute atomic E-state index is 0.271. The van der Waals surface area contributed by atoms with Gasteiger partial charge in [0.1, 0.15) is 6.33 Å². The summed E-state index contributed by atoms with van der Waals surface area (Å²) in [4.78, 5) is 14.7. The van der Waals surface area contributed by atoms with Crippen molar-refractivity contribution >= 4 is 17.0 Å². The van der Waals surface area contributed by atoms with Crippen LogP contribution in [0.2, 0.25) is 0 Å². The summed E-state index contributed by atoms with van der Waals surface area (Å²) in [6.07, 6.45) is -0.926. The van der Waals surface area contributed by atoms with Crippen LogP contribution in [0.3, 0.4) is 0 Å². The molecule has 0 unspecified atom stereocenters. The number of ether oxygens (including phenoxy) is 1. The maximum Gasteiger partial charge on any atom is 0.389 e. The van der Waals surface area contributed by atoms with Crippen LogP contribution < -0.4 is 4.90 Å². The normalized spacial score (nSPS) is 22.0. The topological polar surface area (TPSA) is 76.3 Å². The lowest BCUT2D eigenvalue weighted by molar-refractivity contribution is -0.159. The number of rotatable bonds is 4. The van der Waals surface area contributed by atoms with E-state index in [1.165, 1.54) is 6.33 Å². The smallest absolute Gasteiger partial charge is 0.388 e. The van der Waals surface area contributed by atoms with Crippen LogP contribution >= 0.6 is 0 Å². The Hall–Kier alpha value is -1.94. The number of nitrogens with zero attached hydrogens (tertiary/aromatic N) is 5. The SMILES string of the molecule is CC1(CC(F)(F)F)CN(c2ncnc3c2ncn3CC2(O)CCOCC2)C1. The summed E-state index contributed by atoms with van der Waals surface area (Å²) in [7, 11) is 0. The molecular formula is C17H22F3N5O2. The van der Waals surface area contributed by atoms with E-state index < -0.39 is 23.6 Å². The first-order chi connectivity index (χ1) is 12.7. The van der Waals surface area contributed by atoms with Gasteiger partial charge in [-0.05, 0) is 0 Å². The molecule has 0 aromatic carbocycles. The van der Waals surface area contributed by atoms with Crippen molar-refractivity contribution in [2.24, 2.45) is 5.41 Å². The average Bonchev–Trinajstić information content (AvgIpc) is 2.94. The zero-order chi connectivity index (χ0) is 19.3. The third kappa shape index (κ3) is 3.73. The predicted octanol–water partition coefficient (Wildman–Crippen LogP) is 2.15. The number of hydrogen-bond acceptors (Lipinski definition) is 6. The van der Waals surface area contributed by atoms with Gasteiger partial charge in [-0.1, -0.05) is 6.92 Å². The monoisotopic (exact) mass is 385 g/mol. The molecule has 0 saturated carbocycles. The molecular weight excluding hydrogens is 363 g/mol. The third-order valence-corrected chi connectivity index (χ3v) is 5.34. The Morgan fingerprint density at radius 3 is 2.56 bits per heavy atom. The molecule has 4 heterocycles. The lowest BCUT2D eigenvalue weighted by Gasteiger charge is -2.48. The second kappa shape index (κ2) is 6.30. The highest BCUT2D eigenvalue weighted by Gasteiger charge is 2.47. The van der Waals surface area contributed by atoms with Gasteiger partial charge in [-0.25, -0.2) is 15.0 Å². The van der Waals surface area contributed by atoms with E-state index in [-0.39, 0.29) is 13.1 Å². The fraction of sp³-hybridized carbons (Fsp3) is 0.706. The molecule has 0 atom stereocenters. The van der Waals surface area contributed by atoms with Crippen LogP contribution in [0.4, 0.5) is 19.0 Å². The van der Waals surface area contributed by atoms with E-state index in [0.29, 0.717) is 49.6 Å². The summed E-state index contributed by atoms with van der Waals surface area (Å²) in [5.74, 6) is 0.539. The summed E-state index contributed by atoms with van der Waals surface area (Å²) in [6, 6.07) is 0. The number of fused-ring (bicyclic) bond motifs is 1. The molecule has 0 radical (unpaired) electrons. The van der Waals surface area contributed by atoms with Crippen LogP contribution in [-0.4, -0.2) is 62.7 Å². The zero-order valence-corrected chi connectivity index (χ0v) is 15.0. The minimum Gasteiger partial charge on any atom is -0.388 e. The van der Waals surface area contributed by atoms with Crippen molar-refractivity contribution < 1.29 is 23.0 Å². The molecule has 2 fully saturated rings. The second-order valence-electron chi connectivity index (χ2n) is 8.04. The number of aliphatic hydroxyl groups is 1. The van der Waals surface area contributed by atoms with Gasteiger partial charge in [0.05, 0.1) is 24.9 Å². The van der Waals surface area contributed by atoms with E-state index in [2.05, 4.69) is 15.0 Å². The molecule has 7 nitrogen and oxygen atoms in total. The molecule has 10 heteroatoms. The van der Waals surface area contributed by atoms with Crippen molar-refractivity contribution in [2.75, 3.05) is 31.2 Å². The maximum absolute atomic E-state index is 12.7. The Balaban J connectivity index is 1.54. The molecule has 2 aliphatic rings. The number of anilines is 1. The first kappa shape index (κ1) is 18.4. The molecule has 0 aliphatic carbocycles. The summed E-state index contributed by atoms with van der Waals surface area (Å²) in [5, 5.41) is 10.7. The Morgan fingerprint density at radius 1 is 1.19 bits per heavy atom. The van der Waals surface area contributed by atoms with Crippen molar-refractivity contribution in [1.82, 2.24) is 19.5 Å².